The summed E-state index contributed by atoms with van der Waals surface area (Å²) in [6.07, 6.45) is 11.5. The van der Waals surface area contributed by atoms with Crippen LogP contribution >= 0.6 is 0 Å². The van der Waals surface area contributed by atoms with E-state index in [1.54, 1.807) is 6.20 Å². The van der Waals surface area contributed by atoms with Crippen LogP contribution in [0.25, 0.3) is 27.6 Å². The molecule has 7 rings (SSSR count). The molecule has 35 heavy (non-hydrogen) atoms. The van der Waals surface area contributed by atoms with Crippen LogP contribution in [0.5, 0.6) is 11.5 Å². The molecule has 2 aliphatic heterocycles. The number of ether oxygens (including phenoxy) is 1. The van der Waals surface area contributed by atoms with Crippen molar-refractivity contribution in [1.29, 1.82) is 0 Å². The Morgan fingerprint density at radius 2 is 1.71 bits per heavy atom. The molecule has 0 unspecified atom stereocenters. The lowest BCUT2D eigenvalue weighted by atomic mass is 10.1. The highest BCUT2D eigenvalue weighted by molar-refractivity contribution is 6.09. The normalized spacial score (nSPS) is 15.5. The molecule has 6 nitrogen and oxygen atoms in total. The summed E-state index contributed by atoms with van der Waals surface area (Å²) in [5.74, 6) is 2.39. The Kier molecular flexibility index (Phi) is 4.69. The lowest BCUT2D eigenvalue weighted by Gasteiger charge is -2.27. The first-order valence-corrected chi connectivity index (χ1v) is 12.1. The van der Waals surface area contributed by atoms with E-state index in [0.29, 0.717) is 0 Å². The number of benzene rings is 2. The number of anilines is 1. The molecule has 2 aromatic carbocycles. The van der Waals surface area contributed by atoms with E-state index in [4.69, 9.17) is 4.74 Å². The minimum Gasteiger partial charge on any atom is -0.456 e. The highest BCUT2D eigenvalue weighted by atomic mass is 16.5. The van der Waals surface area contributed by atoms with E-state index in [2.05, 4.69) is 73.0 Å². The molecule has 0 spiro atoms. The van der Waals surface area contributed by atoms with Crippen molar-refractivity contribution in [3.63, 3.8) is 0 Å². The zero-order valence-electron chi connectivity index (χ0n) is 19.3. The Morgan fingerprint density at radius 3 is 2.63 bits per heavy atom. The topological polar surface area (TPSA) is 46.4 Å². The van der Waals surface area contributed by atoms with Crippen molar-refractivity contribution in [2.75, 3.05) is 18.1 Å². The third-order valence-electron chi connectivity index (χ3n) is 6.93. The van der Waals surface area contributed by atoms with Gasteiger partial charge in [-0.05, 0) is 49.6 Å². The second-order valence-electron chi connectivity index (χ2n) is 9.15. The third-order valence-corrected chi connectivity index (χ3v) is 6.93. The predicted molar refractivity (Wildman–Crippen MR) is 139 cm³/mol. The molecule has 5 aromatic rings. The molecule has 172 valence electrons. The van der Waals surface area contributed by atoms with Crippen LogP contribution in [0, 0.1) is 0 Å². The average Bonchev–Trinajstić information content (AvgIpc) is 3.49. The van der Waals surface area contributed by atoms with Gasteiger partial charge in [-0.2, -0.15) is 0 Å². The van der Waals surface area contributed by atoms with Crippen molar-refractivity contribution in [1.82, 2.24) is 19.4 Å². The highest BCUT2D eigenvalue weighted by Gasteiger charge is 2.24. The van der Waals surface area contributed by atoms with Gasteiger partial charge in [-0.15, -0.1) is 0 Å². The number of para-hydroxylation sites is 1. The molecule has 0 radical (unpaired) electrons. The summed E-state index contributed by atoms with van der Waals surface area (Å²) >= 11 is 0. The summed E-state index contributed by atoms with van der Waals surface area (Å²) in [6.45, 7) is 2.02. The van der Waals surface area contributed by atoms with Crippen LogP contribution in [0.4, 0.5) is 5.69 Å². The molecular weight excluding hydrogens is 434 g/mol. The Bertz CT molecular complexity index is 1570. The molecule has 0 N–H and O–H groups in total. The van der Waals surface area contributed by atoms with E-state index in [0.717, 1.165) is 53.7 Å². The molecule has 6 heteroatoms. The summed E-state index contributed by atoms with van der Waals surface area (Å²) in [6, 6.07) is 22.7. The summed E-state index contributed by atoms with van der Waals surface area (Å²) in [5, 5.41) is 2.37. The van der Waals surface area contributed by atoms with Crippen LogP contribution in [-0.4, -0.2) is 32.6 Å². The van der Waals surface area contributed by atoms with Crippen LogP contribution in [0.2, 0.25) is 0 Å². The number of nitrogens with zero attached hydrogens (tertiary/aromatic N) is 5. The fraction of sp³-hybridized carbons (Fsp3) is 0.172. The molecule has 5 heterocycles. The molecule has 2 aliphatic rings. The minimum absolute atomic E-state index is 0.727. The first-order chi connectivity index (χ1) is 17.3. The smallest absolute Gasteiger partial charge is 0.147 e. The van der Waals surface area contributed by atoms with Gasteiger partial charge in [0.25, 0.3) is 0 Å². The lowest BCUT2D eigenvalue weighted by Crippen LogP contribution is -2.29. The maximum absolute atomic E-state index is 6.34. The lowest BCUT2D eigenvalue weighted by molar-refractivity contribution is 0.317. The van der Waals surface area contributed by atoms with E-state index >= 15 is 0 Å². The SMILES string of the molecule is C1=C2CCCCN2CN1c1cncc(Oc2ccc3c4ccccc4n(-c4ccccn4)c3c2)c1. The van der Waals surface area contributed by atoms with Crippen LogP contribution in [0.3, 0.4) is 0 Å². The van der Waals surface area contributed by atoms with Crippen LogP contribution in [-0.2, 0) is 0 Å². The maximum Gasteiger partial charge on any atom is 0.147 e. The summed E-state index contributed by atoms with van der Waals surface area (Å²) < 4.78 is 8.53. The number of hydrogen-bond acceptors (Lipinski definition) is 5. The zero-order valence-corrected chi connectivity index (χ0v) is 19.3. The van der Waals surface area contributed by atoms with Crippen molar-refractivity contribution < 1.29 is 4.74 Å². The summed E-state index contributed by atoms with van der Waals surface area (Å²) in [7, 11) is 0. The molecular formula is C29H25N5O. The Hall–Kier alpha value is -4.32. The monoisotopic (exact) mass is 459 g/mol. The van der Waals surface area contributed by atoms with Gasteiger partial charge in [-0.1, -0.05) is 24.3 Å². The van der Waals surface area contributed by atoms with Crippen molar-refractivity contribution in [3.05, 3.63) is 97.2 Å². The van der Waals surface area contributed by atoms with Crippen molar-refractivity contribution >= 4 is 27.5 Å². The van der Waals surface area contributed by atoms with Gasteiger partial charge in [0.15, 0.2) is 0 Å². The largest absolute Gasteiger partial charge is 0.456 e. The number of fused-ring (bicyclic) bond motifs is 4. The van der Waals surface area contributed by atoms with Crippen LogP contribution in [0.1, 0.15) is 19.3 Å². The second-order valence-corrected chi connectivity index (χ2v) is 9.15. The van der Waals surface area contributed by atoms with E-state index in [1.807, 2.05) is 36.7 Å². The van der Waals surface area contributed by atoms with Crippen molar-refractivity contribution in [3.8, 4) is 17.3 Å². The Balaban J connectivity index is 1.25. The van der Waals surface area contributed by atoms with Crippen molar-refractivity contribution in [2.24, 2.45) is 0 Å². The quantitative estimate of drug-likeness (QED) is 0.308. The van der Waals surface area contributed by atoms with Gasteiger partial charge < -0.3 is 14.5 Å². The summed E-state index contributed by atoms with van der Waals surface area (Å²) in [4.78, 5) is 13.8. The molecule has 0 aliphatic carbocycles. The van der Waals surface area contributed by atoms with Gasteiger partial charge in [0.05, 0.1) is 35.8 Å². The van der Waals surface area contributed by atoms with Gasteiger partial charge in [0.1, 0.15) is 17.3 Å². The van der Waals surface area contributed by atoms with Gasteiger partial charge in [0.2, 0.25) is 0 Å². The highest BCUT2D eigenvalue weighted by Crippen LogP contribution is 2.36. The standard InChI is InChI=1S/C29H25N5O/c1-2-9-27-25(8-1)26-12-11-23(16-28(26)34(27)29-10-3-5-13-31-29)35-24-15-22(17-30-18-24)33-19-21-7-4-6-14-32(21)20-33/h1-3,5,8-13,15-19H,4,6-7,14,20H2. The van der Waals surface area contributed by atoms with Gasteiger partial charge in [-0.25, -0.2) is 4.98 Å². The molecule has 0 saturated carbocycles. The number of allylic oxidation sites excluding steroid dienone is 1. The molecule has 0 bridgehead atoms. The minimum atomic E-state index is 0.727. The molecule has 3 aromatic heterocycles. The van der Waals surface area contributed by atoms with E-state index in [-0.39, 0.29) is 0 Å². The zero-order chi connectivity index (χ0) is 23.2. The maximum atomic E-state index is 6.34. The van der Waals surface area contributed by atoms with Crippen molar-refractivity contribution in [2.45, 2.75) is 19.3 Å². The average molecular weight is 460 g/mol. The fourth-order valence-corrected chi connectivity index (χ4v) is 5.28. The first-order valence-electron chi connectivity index (χ1n) is 12.1. The van der Waals surface area contributed by atoms with E-state index < -0.39 is 0 Å². The van der Waals surface area contributed by atoms with Crippen LogP contribution < -0.4 is 9.64 Å². The molecule has 1 saturated heterocycles. The van der Waals surface area contributed by atoms with Crippen LogP contribution in [0.15, 0.2) is 97.2 Å². The van der Waals surface area contributed by atoms with Gasteiger partial charge in [-0.3, -0.25) is 9.55 Å². The number of piperidine rings is 1. The number of rotatable bonds is 4. The Morgan fingerprint density at radius 1 is 0.800 bits per heavy atom. The molecule has 0 amide bonds. The third kappa shape index (κ3) is 3.49. The predicted octanol–water partition coefficient (Wildman–Crippen LogP) is 6.47. The Labute approximate surface area is 203 Å². The van der Waals surface area contributed by atoms with Gasteiger partial charge >= 0.3 is 0 Å². The first kappa shape index (κ1) is 20.1. The van der Waals surface area contributed by atoms with Gasteiger partial charge in [0, 0.05) is 47.5 Å². The van der Waals surface area contributed by atoms with E-state index in [9.17, 15) is 0 Å². The molecule has 1 fully saturated rings. The number of hydrogen-bond donors (Lipinski definition) is 0. The van der Waals surface area contributed by atoms with E-state index in [1.165, 1.54) is 29.3 Å². The number of aromatic nitrogens is 3. The second kappa shape index (κ2) is 8.17. The fourth-order valence-electron chi connectivity index (χ4n) is 5.28. The summed E-state index contributed by atoms with van der Waals surface area (Å²) in [5.41, 5.74) is 4.66. The molecule has 0 atom stereocenters. The number of pyridine rings is 2.